The van der Waals surface area contributed by atoms with Crippen LogP contribution in [0.4, 0.5) is 4.39 Å². The second-order valence-electron chi connectivity index (χ2n) is 3.08. The Morgan fingerprint density at radius 3 is 2.57 bits per heavy atom. The van der Waals surface area contributed by atoms with E-state index in [1.54, 1.807) is 6.08 Å². The molecule has 0 bridgehead atoms. The largest absolute Gasteiger partial charge is 0.373 e. The van der Waals surface area contributed by atoms with Gasteiger partial charge in [0, 0.05) is 11.1 Å². The van der Waals surface area contributed by atoms with Gasteiger partial charge in [-0.25, -0.2) is 4.39 Å². The SMILES string of the molecule is O=C(C1=CCOC1)c1ccc(F)cc1. The molecule has 1 heterocycles. The smallest absolute Gasteiger partial charge is 0.191 e. The predicted octanol–water partition coefficient (Wildman–Crippen LogP) is 1.97. The van der Waals surface area contributed by atoms with Crippen molar-refractivity contribution in [3.63, 3.8) is 0 Å². The van der Waals surface area contributed by atoms with Crippen molar-refractivity contribution in [2.45, 2.75) is 0 Å². The minimum absolute atomic E-state index is 0.0810. The summed E-state index contributed by atoms with van der Waals surface area (Å²) in [7, 11) is 0. The first-order valence-corrected chi connectivity index (χ1v) is 4.34. The Balaban J connectivity index is 2.22. The summed E-state index contributed by atoms with van der Waals surface area (Å²) in [4.78, 5) is 11.7. The maximum atomic E-state index is 12.6. The molecule has 72 valence electrons. The number of Topliss-reactive ketones (excluding diaryl/α,β-unsaturated/α-hetero) is 1. The molecule has 0 aromatic heterocycles. The van der Waals surface area contributed by atoms with Crippen LogP contribution in [0.15, 0.2) is 35.9 Å². The number of ether oxygens (including phenoxy) is 1. The minimum atomic E-state index is -0.335. The topological polar surface area (TPSA) is 26.3 Å². The fourth-order valence-corrected chi connectivity index (χ4v) is 1.33. The molecular weight excluding hydrogens is 183 g/mol. The standard InChI is InChI=1S/C11H9FO2/c12-10-3-1-8(2-4-10)11(13)9-5-6-14-7-9/h1-5H,6-7H2. The number of carbonyl (C=O) groups excluding carboxylic acids is 1. The van der Waals surface area contributed by atoms with Gasteiger partial charge in [0.1, 0.15) is 5.82 Å². The molecule has 1 aliphatic heterocycles. The van der Waals surface area contributed by atoms with Crippen LogP contribution in [0.3, 0.4) is 0 Å². The van der Waals surface area contributed by atoms with Crippen LogP contribution in [-0.2, 0) is 4.74 Å². The summed E-state index contributed by atoms with van der Waals surface area (Å²) in [6.45, 7) is 0.846. The van der Waals surface area contributed by atoms with Gasteiger partial charge in [0.25, 0.3) is 0 Å². The van der Waals surface area contributed by atoms with Crippen molar-refractivity contribution in [1.82, 2.24) is 0 Å². The van der Waals surface area contributed by atoms with Crippen LogP contribution in [0.1, 0.15) is 10.4 Å². The van der Waals surface area contributed by atoms with Gasteiger partial charge in [-0.15, -0.1) is 0 Å². The maximum absolute atomic E-state index is 12.6. The molecule has 14 heavy (non-hydrogen) atoms. The van der Waals surface area contributed by atoms with E-state index in [9.17, 15) is 9.18 Å². The van der Waals surface area contributed by atoms with E-state index in [2.05, 4.69) is 0 Å². The van der Waals surface area contributed by atoms with Crippen molar-refractivity contribution in [2.75, 3.05) is 13.2 Å². The third kappa shape index (κ3) is 1.72. The molecule has 0 amide bonds. The molecule has 0 saturated carbocycles. The molecule has 3 heteroatoms. The first-order chi connectivity index (χ1) is 6.77. The van der Waals surface area contributed by atoms with Crippen molar-refractivity contribution < 1.29 is 13.9 Å². The predicted molar refractivity (Wildman–Crippen MR) is 49.6 cm³/mol. The molecule has 1 aliphatic rings. The van der Waals surface area contributed by atoms with Gasteiger partial charge >= 0.3 is 0 Å². The maximum Gasteiger partial charge on any atom is 0.191 e. The van der Waals surface area contributed by atoms with E-state index >= 15 is 0 Å². The molecule has 0 saturated heterocycles. The number of carbonyl (C=O) groups is 1. The highest BCUT2D eigenvalue weighted by molar-refractivity contribution is 6.09. The molecule has 0 unspecified atom stereocenters. The molecule has 1 aromatic carbocycles. The van der Waals surface area contributed by atoms with Gasteiger partial charge in [0.15, 0.2) is 5.78 Å². The van der Waals surface area contributed by atoms with Crippen LogP contribution in [-0.4, -0.2) is 19.0 Å². The summed E-state index contributed by atoms with van der Waals surface area (Å²) in [6, 6.07) is 5.53. The first kappa shape index (κ1) is 9.09. The van der Waals surface area contributed by atoms with Crippen molar-refractivity contribution in [3.8, 4) is 0 Å². The first-order valence-electron chi connectivity index (χ1n) is 4.34. The Hall–Kier alpha value is -1.48. The summed E-state index contributed by atoms with van der Waals surface area (Å²) >= 11 is 0. The summed E-state index contributed by atoms with van der Waals surface area (Å²) < 4.78 is 17.6. The lowest BCUT2D eigenvalue weighted by Gasteiger charge is -2.00. The van der Waals surface area contributed by atoms with E-state index in [0.717, 1.165) is 0 Å². The lowest BCUT2D eigenvalue weighted by Crippen LogP contribution is -2.04. The Bertz CT molecular complexity index is 379. The van der Waals surface area contributed by atoms with Crippen LogP contribution in [0.2, 0.25) is 0 Å². The monoisotopic (exact) mass is 192 g/mol. The van der Waals surface area contributed by atoms with Gasteiger partial charge in [0.2, 0.25) is 0 Å². The number of benzene rings is 1. The average molecular weight is 192 g/mol. The highest BCUT2D eigenvalue weighted by Crippen LogP contribution is 2.13. The average Bonchev–Trinajstić information content (AvgIpc) is 2.71. The fourth-order valence-electron chi connectivity index (χ4n) is 1.33. The van der Waals surface area contributed by atoms with Crippen LogP contribution in [0.25, 0.3) is 0 Å². The lowest BCUT2D eigenvalue weighted by molar-refractivity contribution is 0.101. The summed E-state index contributed by atoms with van der Waals surface area (Å²) in [5, 5.41) is 0. The van der Waals surface area contributed by atoms with E-state index in [-0.39, 0.29) is 11.6 Å². The molecular formula is C11H9FO2. The lowest BCUT2D eigenvalue weighted by atomic mass is 10.0. The quantitative estimate of drug-likeness (QED) is 0.669. The summed E-state index contributed by atoms with van der Waals surface area (Å²) in [5.41, 5.74) is 1.15. The third-order valence-corrected chi connectivity index (χ3v) is 2.10. The Morgan fingerprint density at radius 1 is 1.29 bits per heavy atom. The Labute approximate surface area is 81.0 Å². The molecule has 0 fully saturated rings. The fraction of sp³-hybridized carbons (Fsp3) is 0.182. The van der Waals surface area contributed by atoms with Crippen LogP contribution in [0, 0.1) is 5.82 Å². The molecule has 1 aromatic rings. The molecule has 2 nitrogen and oxygen atoms in total. The second-order valence-corrected chi connectivity index (χ2v) is 3.08. The highest BCUT2D eigenvalue weighted by atomic mass is 19.1. The zero-order valence-electron chi connectivity index (χ0n) is 7.50. The van der Waals surface area contributed by atoms with Crippen molar-refractivity contribution in [1.29, 1.82) is 0 Å². The van der Waals surface area contributed by atoms with Crippen molar-refractivity contribution in [3.05, 3.63) is 47.3 Å². The Morgan fingerprint density at radius 2 is 2.00 bits per heavy atom. The van der Waals surface area contributed by atoms with Gasteiger partial charge in [0.05, 0.1) is 13.2 Å². The van der Waals surface area contributed by atoms with Gasteiger partial charge in [-0.05, 0) is 30.3 Å². The highest BCUT2D eigenvalue weighted by Gasteiger charge is 2.15. The van der Waals surface area contributed by atoms with Gasteiger partial charge in [-0.2, -0.15) is 0 Å². The normalized spacial score (nSPS) is 15.4. The second kappa shape index (κ2) is 3.72. The van der Waals surface area contributed by atoms with Crippen LogP contribution in [0.5, 0.6) is 0 Å². The number of ketones is 1. The third-order valence-electron chi connectivity index (χ3n) is 2.10. The summed E-state index contributed by atoms with van der Waals surface area (Å²) in [6.07, 6.45) is 1.76. The van der Waals surface area contributed by atoms with Crippen LogP contribution < -0.4 is 0 Å². The van der Waals surface area contributed by atoms with Gasteiger partial charge < -0.3 is 4.74 Å². The number of hydrogen-bond acceptors (Lipinski definition) is 2. The molecule has 0 aliphatic carbocycles. The number of halogens is 1. The van der Waals surface area contributed by atoms with Crippen molar-refractivity contribution >= 4 is 5.78 Å². The Kier molecular flexibility index (Phi) is 2.41. The number of rotatable bonds is 2. The minimum Gasteiger partial charge on any atom is -0.373 e. The molecule has 2 rings (SSSR count). The molecule has 0 atom stereocenters. The van der Waals surface area contributed by atoms with Gasteiger partial charge in [-0.3, -0.25) is 4.79 Å². The van der Waals surface area contributed by atoms with Gasteiger partial charge in [-0.1, -0.05) is 0 Å². The molecule has 0 spiro atoms. The number of hydrogen-bond donors (Lipinski definition) is 0. The van der Waals surface area contributed by atoms with E-state index in [4.69, 9.17) is 4.74 Å². The van der Waals surface area contributed by atoms with E-state index in [1.165, 1.54) is 24.3 Å². The zero-order valence-corrected chi connectivity index (χ0v) is 7.50. The van der Waals surface area contributed by atoms with E-state index < -0.39 is 0 Å². The van der Waals surface area contributed by atoms with Crippen molar-refractivity contribution in [2.24, 2.45) is 0 Å². The molecule has 0 N–H and O–H groups in total. The van der Waals surface area contributed by atoms with E-state index in [1.807, 2.05) is 0 Å². The zero-order chi connectivity index (χ0) is 9.97. The van der Waals surface area contributed by atoms with E-state index in [0.29, 0.717) is 24.4 Å². The van der Waals surface area contributed by atoms with Crippen LogP contribution >= 0.6 is 0 Å². The molecule has 0 radical (unpaired) electrons. The summed E-state index contributed by atoms with van der Waals surface area (Å²) in [5.74, 6) is -0.416.